The molecule has 0 aliphatic heterocycles. The number of hydrogen-bond donors (Lipinski definition) is 1. The lowest BCUT2D eigenvalue weighted by molar-refractivity contribution is 0.900. The number of rotatable bonds is 3. The second-order valence-electron chi connectivity index (χ2n) is 4.05. The van der Waals surface area contributed by atoms with Crippen LogP contribution in [0.5, 0.6) is 0 Å². The summed E-state index contributed by atoms with van der Waals surface area (Å²) in [5, 5.41) is 0.549. The molecule has 0 radical (unpaired) electrons. The van der Waals surface area contributed by atoms with Crippen molar-refractivity contribution in [3.05, 3.63) is 51.6 Å². The zero-order chi connectivity index (χ0) is 13.1. The zero-order valence-corrected chi connectivity index (χ0v) is 12.2. The van der Waals surface area contributed by atoms with Gasteiger partial charge in [-0.05, 0) is 23.8 Å². The first-order valence-corrected chi connectivity index (χ1v) is 6.60. The molecule has 18 heavy (non-hydrogen) atoms. The summed E-state index contributed by atoms with van der Waals surface area (Å²) in [6.07, 6.45) is 1.60. The second kappa shape index (κ2) is 5.59. The molecule has 0 fully saturated rings. The second-order valence-corrected chi connectivity index (χ2v) is 5.40. The van der Waals surface area contributed by atoms with E-state index in [-0.39, 0.29) is 0 Å². The highest BCUT2D eigenvalue weighted by Crippen LogP contribution is 2.23. The fourth-order valence-electron chi connectivity index (χ4n) is 1.71. The molecule has 1 heterocycles. The number of nitrogens with zero attached hydrogens (tertiary/aromatic N) is 2. The van der Waals surface area contributed by atoms with Crippen LogP contribution < -0.4 is 10.6 Å². The molecule has 0 saturated heterocycles. The summed E-state index contributed by atoms with van der Waals surface area (Å²) >= 11 is 9.25. The van der Waals surface area contributed by atoms with Crippen molar-refractivity contribution in [3.63, 3.8) is 0 Å². The summed E-state index contributed by atoms with van der Waals surface area (Å²) < 4.78 is 1.07. The van der Waals surface area contributed by atoms with Gasteiger partial charge in [-0.25, -0.2) is 4.98 Å². The fourth-order valence-corrected chi connectivity index (χ4v) is 2.14. The normalized spacial score (nSPS) is 10.4. The predicted octanol–water partition coefficient (Wildman–Crippen LogP) is 3.72. The maximum Gasteiger partial charge on any atom is 0.151 e. The van der Waals surface area contributed by atoms with Crippen molar-refractivity contribution in [2.45, 2.75) is 6.54 Å². The van der Waals surface area contributed by atoms with E-state index in [0.29, 0.717) is 10.7 Å². The Hall–Kier alpha value is -1.26. The third-order valence-electron chi connectivity index (χ3n) is 2.56. The summed E-state index contributed by atoms with van der Waals surface area (Å²) in [7, 11) is 1.95. The number of nitrogens with two attached hydrogens (primary N) is 1. The first-order valence-electron chi connectivity index (χ1n) is 5.43. The van der Waals surface area contributed by atoms with E-state index in [1.807, 2.05) is 24.1 Å². The van der Waals surface area contributed by atoms with E-state index in [4.69, 9.17) is 17.3 Å². The van der Waals surface area contributed by atoms with Gasteiger partial charge in [0.1, 0.15) is 0 Å². The predicted molar refractivity (Wildman–Crippen MR) is 79.9 cm³/mol. The molecule has 3 nitrogen and oxygen atoms in total. The summed E-state index contributed by atoms with van der Waals surface area (Å²) in [4.78, 5) is 6.25. The molecule has 1 aromatic carbocycles. The quantitative estimate of drug-likeness (QED) is 0.935. The third-order valence-corrected chi connectivity index (χ3v) is 3.29. The van der Waals surface area contributed by atoms with Crippen molar-refractivity contribution in [1.29, 1.82) is 0 Å². The SMILES string of the molecule is CN(Cc1ccc(Br)cc1)c1ncc(Cl)cc1N. The summed E-state index contributed by atoms with van der Waals surface area (Å²) in [6, 6.07) is 9.87. The lowest BCUT2D eigenvalue weighted by atomic mass is 10.2. The highest BCUT2D eigenvalue weighted by molar-refractivity contribution is 9.10. The molecule has 5 heteroatoms. The Kier molecular flexibility index (Phi) is 4.09. The Balaban J connectivity index is 2.16. The van der Waals surface area contributed by atoms with Gasteiger partial charge in [-0.15, -0.1) is 0 Å². The number of halogens is 2. The van der Waals surface area contributed by atoms with Crippen LogP contribution in [-0.2, 0) is 6.54 Å². The van der Waals surface area contributed by atoms with Gasteiger partial charge in [0.15, 0.2) is 5.82 Å². The van der Waals surface area contributed by atoms with E-state index < -0.39 is 0 Å². The highest BCUT2D eigenvalue weighted by atomic mass is 79.9. The molecule has 0 aliphatic carbocycles. The van der Waals surface area contributed by atoms with Crippen molar-refractivity contribution in [2.75, 3.05) is 17.7 Å². The van der Waals surface area contributed by atoms with Gasteiger partial charge in [0.05, 0.1) is 10.7 Å². The van der Waals surface area contributed by atoms with E-state index in [9.17, 15) is 0 Å². The zero-order valence-electron chi connectivity index (χ0n) is 9.90. The Morgan fingerprint density at radius 3 is 2.61 bits per heavy atom. The molecule has 0 spiro atoms. The van der Waals surface area contributed by atoms with Crippen LogP contribution in [0.25, 0.3) is 0 Å². The molecule has 0 amide bonds. The Labute approximate surface area is 120 Å². The lowest BCUT2D eigenvalue weighted by Gasteiger charge is -2.20. The monoisotopic (exact) mass is 325 g/mol. The molecule has 0 saturated carbocycles. The molecule has 2 rings (SSSR count). The smallest absolute Gasteiger partial charge is 0.151 e. The summed E-state index contributed by atoms with van der Waals surface area (Å²) in [6.45, 7) is 0.742. The van der Waals surface area contributed by atoms with Gasteiger partial charge < -0.3 is 10.6 Å². The topological polar surface area (TPSA) is 42.2 Å². The van der Waals surface area contributed by atoms with E-state index in [2.05, 4.69) is 33.0 Å². The minimum Gasteiger partial charge on any atom is -0.396 e. The Bertz CT molecular complexity index is 542. The number of benzene rings is 1. The van der Waals surface area contributed by atoms with E-state index >= 15 is 0 Å². The minimum atomic E-state index is 0.549. The lowest BCUT2D eigenvalue weighted by Crippen LogP contribution is -2.19. The molecule has 0 aliphatic rings. The molecule has 0 bridgehead atoms. The Morgan fingerprint density at radius 1 is 1.33 bits per heavy atom. The average molecular weight is 327 g/mol. The van der Waals surface area contributed by atoms with Crippen molar-refractivity contribution in [3.8, 4) is 0 Å². The molecule has 0 atom stereocenters. The van der Waals surface area contributed by atoms with Crippen LogP contribution in [0, 0.1) is 0 Å². The van der Waals surface area contributed by atoms with Crippen molar-refractivity contribution < 1.29 is 0 Å². The molecule has 94 valence electrons. The van der Waals surface area contributed by atoms with E-state index in [1.165, 1.54) is 5.56 Å². The van der Waals surface area contributed by atoms with Crippen molar-refractivity contribution >= 4 is 39.0 Å². The first-order chi connectivity index (χ1) is 8.56. The van der Waals surface area contributed by atoms with Gasteiger partial charge in [-0.2, -0.15) is 0 Å². The van der Waals surface area contributed by atoms with Gasteiger partial charge in [-0.1, -0.05) is 39.7 Å². The van der Waals surface area contributed by atoms with Crippen LogP contribution in [-0.4, -0.2) is 12.0 Å². The van der Waals surface area contributed by atoms with Crippen molar-refractivity contribution in [2.24, 2.45) is 0 Å². The van der Waals surface area contributed by atoms with Gasteiger partial charge in [0, 0.05) is 24.3 Å². The summed E-state index contributed by atoms with van der Waals surface area (Å²) in [5.41, 5.74) is 7.68. The largest absolute Gasteiger partial charge is 0.396 e. The average Bonchev–Trinajstić information content (AvgIpc) is 2.32. The maximum absolute atomic E-state index is 5.90. The molecule has 2 aromatic rings. The van der Waals surface area contributed by atoms with Crippen LogP contribution >= 0.6 is 27.5 Å². The van der Waals surface area contributed by atoms with Gasteiger partial charge in [0.25, 0.3) is 0 Å². The van der Waals surface area contributed by atoms with Crippen LogP contribution in [0.4, 0.5) is 11.5 Å². The molecule has 2 N–H and O–H groups in total. The molecule has 1 aromatic heterocycles. The van der Waals surface area contributed by atoms with Gasteiger partial charge in [0.2, 0.25) is 0 Å². The fraction of sp³-hybridized carbons (Fsp3) is 0.154. The minimum absolute atomic E-state index is 0.549. The molecule has 0 unspecified atom stereocenters. The van der Waals surface area contributed by atoms with E-state index in [1.54, 1.807) is 12.3 Å². The van der Waals surface area contributed by atoms with Crippen molar-refractivity contribution in [1.82, 2.24) is 4.98 Å². The third kappa shape index (κ3) is 3.15. The number of anilines is 2. The molecular weight excluding hydrogens is 314 g/mol. The van der Waals surface area contributed by atoms with Crippen LogP contribution in [0.3, 0.4) is 0 Å². The van der Waals surface area contributed by atoms with Crippen LogP contribution in [0.2, 0.25) is 5.02 Å². The van der Waals surface area contributed by atoms with Gasteiger partial charge >= 0.3 is 0 Å². The number of nitrogen functional groups attached to an aromatic ring is 1. The standard InChI is InChI=1S/C13H13BrClN3/c1-18(8-9-2-4-10(14)5-3-9)13-12(16)6-11(15)7-17-13/h2-7H,8,16H2,1H3. The van der Waals surface area contributed by atoms with Gasteiger partial charge in [-0.3, -0.25) is 0 Å². The Morgan fingerprint density at radius 2 is 2.00 bits per heavy atom. The maximum atomic E-state index is 5.90. The number of aromatic nitrogens is 1. The first kappa shape index (κ1) is 13.2. The number of hydrogen-bond acceptors (Lipinski definition) is 3. The summed E-state index contributed by atoms with van der Waals surface area (Å²) in [5.74, 6) is 0.738. The number of pyridine rings is 1. The molecular formula is C13H13BrClN3. The van der Waals surface area contributed by atoms with Crippen LogP contribution in [0.1, 0.15) is 5.56 Å². The van der Waals surface area contributed by atoms with Crippen LogP contribution in [0.15, 0.2) is 41.0 Å². The van der Waals surface area contributed by atoms with E-state index in [0.717, 1.165) is 16.8 Å². The highest BCUT2D eigenvalue weighted by Gasteiger charge is 2.08.